The molecule has 0 saturated carbocycles. The summed E-state index contributed by atoms with van der Waals surface area (Å²) in [7, 11) is -8.09. The quantitative estimate of drug-likeness (QED) is 0.172. The van der Waals surface area contributed by atoms with Gasteiger partial charge in [-0.15, -0.1) is 0 Å². The summed E-state index contributed by atoms with van der Waals surface area (Å²) < 4.78 is 53.7. The number of pyridine rings is 2. The number of fused-ring (bicyclic) bond motifs is 2. The van der Waals surface area contributed by atoms with Gasteiger partial charge in [0.15, 0.2) is 0 Å². The average Bonchev–Trinajstić information content (AvgIpc) is 3.19. The first-order chi connectivity index (χ1) is 26.8. The van der Waals surface area contributed by atoms with Crippen molar-refractivity contribution in [2.45, 2.75) is 33.4 Å². The predicted octanol–water partition coefficient (Wildman–Crippen LogP) is 9.98. The van der Waals surface area contributed by atoms with Gasteiger partial charge < -0.3 is 9.97 Å². The molecule has 0 spiro atoms. The monoisotopic (exact) mass is 818 g/mol. The maximum atomic E-state index is 13.4. The van der Waals surface area contributed by atoms with E-state index in [9.17, 15) is 26.4 Å². The largest absolute Gasteiger partial charge is 0.353 e. The minimum absolute atomic E-state index is 0.0779. The van der Waals surface area contributed by atoms with E-state index < -0.39 is 30.5 Å². The maximum Gasteiger partial charge on any atom is 0.212 e. The van der Waals surface area contributed by atoms with E-state index in [1.807, 2.05) is 13.8 Å². The van der Waals surface area contributed by atoms with E-state index in [2.05, 4.69) is 9.97 Å². The second-order valence-electron chi connectivity index (χ2n) is 13.1. The molecule has 8 nitrogen and oxygen atoms in total. The van der Waals surface area contributed by atoms with Crippen LogP contribution in [0.5, 0.6) is 0 Å². The highest BCUT2D eigenvalue weighted by Gasteiger charge is 2.29. The van der Waals surface area contributed by atoms with Gasteiger partial charge in [0.2, 0.25) is 30.5 Å². The molecule has 0 saturated heterocycles. The zero-order valence-electron chi connectivity index (χ0n) is 29.9. The van der Waals surface area contributed by atoms with Crippen molar-refractivity contribution >= 4 is 64.7 Å². The fourth-order valence-electron chi connectivity index (χ4n) is 6.26. The molecule has 6 aromatic carbocycles. The summed E-state index contributed by atoms with van der Waals surface area (Å²) >= 11 is 12.0. The standard InChI is InChI=1S/2C22H16ClNO3S/c2*1-14-6-12-17(13-7-14)28(26,27)22-20(15-8-10-16(23)11-9-15)24-19-5-3-2-4-18(19)21(22)25/h2*2-13H,1H3,(H,24,25). The van der Waals surface area contributed by atoms with Crippen molar-refractivity contribution in [3.05, 3.63) is 187 Å². The minimum Gasteiger partial charge on any atom is -0.353 e. The minimum atomic E-state index is -4.04. The van der Waals surface area contributed by atoms with Gasteiger partial charge in [-0.3, -0.25) is 9.59 Å². The van der Waals surface area contributed by atoms with Crippen molar-refractivity contribution < 1.29 is 16.8 Å². The lowest BCUT2D eigenvalue weighted by Gasteiger charge is -2.13. The van der Waals surface area contributed by atoms with Crippen LogP contribution in [0.15, 0.2) is 175 Å². The van der Waals surface area contributed by atoms with Gasteiger partial charge in [0.1, 0.15) is 9.79 Å². The van der Waals surface area contributed by atoms with Gasteiger partial charge in [-0.05, 0) is 97.8 Å². The molecule has 12 heteroatoms. The number of aryl methyl sites for hydroxylation is 2. The molecule has 2 N–H and O–H groups in total. The molecular formula is C44H32Cl2N2O6S2. The number of aromatic amines is 2. The van der Waals surface area contributed by atoms with Crippen molar-refractivity contribution in [2.75, 3.05) is 0 Å². The molecule has 0 aliphatic rings. The number of aromatic nitrogens is 2. The fraction of sp³-hybridized carbons (Fsp3) is 0.0455. The Kier molecular flexibility index (Phi) is 10.6. The Bertz CT molecular complexity index is 2890. The lowest BCUT2D eigenvalue weighted by atomic mass is 10.1. The van der Waals surface area contributed by atoms with Crippen LogP contribution >= 0.6 is 23.2 Å². The van der Waals surface area contributed by atoms with Gasteiger partial charge in [0.25, 0.3) is 0 Å². The zero-order valence-corrected chi connectivity index (χ0v) is 33.0. The number of hydrogen-bond acceptors (Lipinski definition) is 6. The summed E-state index contributed by atoms with van der Waals surface area (Å²) in [6.45, 7) is 3.75. The summed E-state index contributed by atoms with van der Waals surface area (Å²) in [5.41, 5.74) is 3.59. The van der Waals surface area contributed by atoms with Crippen LogP contribution in [0.4, 0.5) is 0 Å². The third-order valence-corrected chi connectivity index (χ3v) is 13.3. The second-order valence-corrected chi connectivity index (χ2v) is 17.7. The van der Waals surface area contributed by atoms with Crippen LogP contribution < -0.4 is 10.9 Å². The molecule has 0 aliphatic carbocycles. The van der Waals surface area contributed by atoms with Gasteiger partial charge in [0, 0.05) is 31.9 Å². The molecule has 2 heterocycles. The number of nitrogens with one attached hydrogen (secondary N) is 2. The molecule has 0 atom stereocenters. The van der Waals surface area contributed by atoms with E-state index >= 15 is 0 Å². The Morgan fingerprint density at radius 1 is 0.429 bits per heavy atom. The topological polar surface area (TPSA) is 134 Å². The molecule has 56 heavy (non-hydrogen) atoms. The first kappa shape index (κ1) is 38.5. The maximum absolute atomic E-state index is 13.4. The summed E-state index contributed by atoms with van der Waals surface area (Å²) in [5.74, 6) is 0. The van der Waals surface area contributed by atoms with Crippen LogP contribution in [-0.4, -0.2) is 26.8 Å². The molecule has 0 radical (unpaired) electrons. The van der Waals surface area contributed by atoms with E-state index in [1.54, 1.807) is 121 Å². The molecule has 280 valence electrons. The highest BCUT2D eigenvalue weighted by Crippen LogP contribution is 2.32. The van der Waals surface area contributed by atoms with Gasteiger partial charge >= 0.3 is 0 Å². The molecule has 8 aromatic rings. The van der Waals surface area contributed by atoms with Crippen molar-refractivity contribution in [2.24, 2.45) is 0 Å². The third kappa shape index (κ3) is 7.44. The van der Waals surface area contributed by atoms with Crippen LogP contribution in [0.3, 0.4) is 0 Å². The SMILES string of the molecule is Cc1ccc(S(=O)(=O)c2c(-c3ccc(Cl)cc3)[nH]c3ccccc3c2=O)cc1.Cc1ccc(S(=O)(=O)c2c(-c3ccc(Cl)cc3)[nH]c3ccccc3c2=O)cc1. The van der Waals surface area contributed by atoms with Gasteiger partial charge in [-0.1, -0.05) is 107 Å². The van der Waals surface area contributed by atoms with E-state index in [0.717, 1.165) is 11.1 Å². The van der Waals surface area contributed by atoms with Crippen molar-refractivity contribution in [3.63, 3.8) is 0 Å². The first-order valence-corrected chi connectivity index (χ1v) is 20.9. The van der Waals surface area contributed by atoms with E-state index in [-0.39, 0.29) is 31.0 Å². The fourth-order valence-corrected chi connectivity index (χ4v) is 9.55. The summed E-state index contributed by atoms with van der Waals surface area (Å²) in [6.07, 6.45) is 0. The van der Waals surface area contributed by atoms with Crippen LogP contribution in [0, 0.1) is 13.8 Å². The Hall–Kier alpha value is -5.78. The number of rotatable bonds is 6. The number of hydrogen-bond donors (Lipinski definition) is 2. The highest BCUT2D eigenvalue weighted by molar-refractivity contribution is 7.92. The zero-order chi connectivity index (χ0) is 39.8. The molecule has 0 amide bonds. The normalized spacial score (nSPS) is 11.6. The number of sulfone groups is 2. The Morgan fingerprint density at radius 2 is 0.750 bits per heavy atom. The van der Waals surface area contributed by atoms with Crippen molar-refractivity contribution in [1.82, 2.24) is 9.97 Å². The number of halogens is 2. The Balaban J connectivity index is 0.000000172. The number of H-pyrrole nitrogens is 2. The van der Waals surface area contributed by atoms with Crippen molar-refractivity contribution in [1.29, 1.82) is 0 Å². The second kappa shape index (κ2) is 15.4. The molecule has 0 unspecified atom stereocenters. The number of benzene rings is 6. The molecule has 2 aromatic heterocycles. The van der Waals surface area contributed by atoms with Gasteiger partial charge in [0.05, 0.1) is 21.2 Å². The smallest absolute Gasteiger partial charge is 0.212 e. The summed E-state index contributed by atoms with van der Waals surface area (Å²) in [5, 5.41) is 1.70. The van der Waals surface area contributed by atoms with Gasteiger partial charge in [-0.2, -0.15) is 0 Å². The molecule has 0 bridgehead atoms. The lowest BCUT2D eigenvalue weighted by molar-refractivity contribution is 0.594. The van der Waals surface area contributed by atoms with E-state index in [1.165, 1.54) is 24.3 Å². The molecule has 0 fully saturated rings. The predicted molar refractivity (Wildman–Crippen MR) is 223 cm³/mol. The number of para-hydroxylation sites is 2. The van der Waals surface area contributed by atoms with Crippen LogP contribution in [0.25, 0.3) is 44.3 Å². The van der Waals surface area contributed by atoms with E-state index in [0.29, 0.717) is 43.0 Å². The van der Waals surface area contributed by atoms with Crippen LogP contribution in [0.1, 0.15) is 11.1 Å². The summed E-state index contributed by atoms with van der Waals surface area (Å²) in [4.78, 5) is 32.4. The lowest BCUT2D eigenvalue weighted by Crippen LogP contribution is -2.18. The highest BCUT2D eigenvalue weighted by atomic mass is 35.5. The Morgan fingerprint density at radius 3 is 1.09 bits per heavy atom. The summed E-state index contributed by atoms with van der Waals surface area (Å²) in [6, 6.07) is 40.1. The molecule has 8 rings (SSSR count). The molecular weight excluding hydrogens is 788 g/mol. The Labute approximate surface area is 332 Å². The average molecular weight is 820 g/mol. The molecule has 0 aliphatic heterocycles. The third-order valence-electron chi connectivity index (χ3n) is 9.20. The van der Waals surface area contributed by atoms with Crippen LogP contribution in [0.2, 0.25) is 10.0 Å². The van der Waals surface area contributed by atoms with Gasteiger partial charge in [-0.25, -0.2) is 16.8 Å². The van der Waals surface area contributed by atoms with E-state index in [4.69, 9.17) is 23.2 Å². The van der Waals surface area contributed by atoms with Crippen molar-refractivity contribution in [3.8, 4) is 22.5 Å². The first-order valence-electron chi connectivity index (χ1n) is 17.2. The van der Waals surface area contributed by atoms with Crippen LogP contribution in [-0.2, 0) is 19.7 Å².